The number of amides is 1. The lowest BCUT2D eigenvalue weighted by Gasteiger charge is -2.29. The van der Waals surface area contributed by atoms with E-state index in [9.17, 15) is 4.79 Å². The summed E-state index contributed by atoms with van der Waals surface area (Å²) in [5, 5.41) is 0. The van der Waals surface area contributed by atoms with Gasteiger partial charge in [0.2, 0.25) is 0 Å². The van der Waals surface area contributed by atoms with Crippen LogP contribution in [-0.2, 0) is 0 Å². The topological polar surface area (TPSA) is 72.3 Å². The second-order valence-corrected chi connectivity index (χ2v) is 5.39. The Morgan fingerprint density at radius 1 is 1.44 bits per heavy atom. The fraction of sp³-hybridized carbons (Fsp3) is 0.500. The lowest BCUT2D eigenvalue weighted by atomic mass is 10.1. The summed E-state index contributed by atoms with van der Waals surface area (Å²) in [6.45, 7) is 5.23. The molecule has 0 unspecified atom stereocenters. The molecule has 1 aliphatic rings. The van der Waals surface area contributed by atoms with Crippen LogP contribution in [0.4, 0.5) is 11.4 Å². The number of rotatable bonds is 5. The normalized spacial score (nSPS) is 14.8. The molecule has 4 nitrogen and oxygen atoms in total. The van der Waals surface area contributed by atoms with Crippen LogP contribution in [0.15, 0.2) is 18.2 Å². The molecule has 4 N–H and O–H groups in total. The van der Waals surface area contributed by atoms with Crippen LogP contribution in [0.1, 0.15) is 37.0 Å². The standard InChI is InChI=1S/C14H21N3O/c1-9(2)8-17(10-6-7-10)13-11(14(16)18)4-3-5-12(13)15/h3-5,9-10H,6-8,15H2,1-2H3,(H2,16,18). The minimum Gasteiger partial charge on any atom is -0.397 e. The first-order valence-electron chi connectivity index (χ1n) is 6.45. The molecule has 0 heterocycles. The Morgan fingerprint density at radius 3 is 2.61 bits per heavy atom. The van der Waals surface area contributed by atoms with E-state index in [0.717, 1.165) is 12.2 Å². The fourth-order valence-corrected chi connectivity index (χ4v) is 2.28. The number of benzene rings is 1. The van der Waals surface area contributed by atoms with Crippen LogP contribution < -0.4 is 16.4 Å². The van der Waals surface area contributed by atoms with Crippen molar-refractivity contribution >= 4 is 17.3 Å². The van der Waals surface area contributed by atoms with Gasteiger partial charge in [0.05, 0.1) is 16.9 Å². The fourth-order valence-electron chi connectivity index (χ4n) is 2.28. The van der Waals surface area contributed by atoms with Gasteiger partial charge < -0.3 is 16.4 Å². The van der Waals surface area contributed by atoms with Crippen molar-refractivity contribution in [2.24, 2.45) is 11.7 Å². The lowest BCUT2D eigenvalue weighted by Crippen LogP contribution is -2.32. The van der Waals surface area contributed by atoms with E-state index >= 15 is 0 Å². The van der Waals surface area contributed by atoms with Gasteiger partial charge in [-0.25, -0.2) is 0 Å². The molecule has 0 aromatic heterocycles. The van der Waals surface area contributed by atoms with E-state index in [4.69, 9.17) is 11.5 Å². The monoisotopic (exact) mass is 247 g/mol. The van der Waals surface area contributed by atoms with Crippen LogP contribution >= 0.6 is 0 Å². The summed E-state index contributed by atoms with van der Waals surface area (Å²) in [4.78, 5) is 13.8. The Hall–Kier alpha value is -1.71. The summed E-state index contributed by atoms with van der Waals surface area (Å²) >= 11 is 0. The van der Waals surface area contributed by atoms with Gasteiger partial charge >= 0.3 is 0 Å². The van der Waals surface area contributed by atoms with Crippen LogP contribution in [0.3, 0.4) is 0 Å². The van der Waals surface area contributed by atoms with E-state index in [1.54, 1.807) is 12.1 Å². The Labute approximate surface area is 108 Å². The maximum atomic E-state index is 11.5. The van der Waals surface area contributed by atoms with Crippen molar-refractivity contribution in [3.05, 3.63) is 23.8 Å². The Kier molecular flexibility index (Phi) is 3.45. The lowest BCUT2D eigenvalue weighted by molar-refractivity contribution is 0.100. The zero-order valence-corrected chi connectivity index (χ0v) is 11.0. The molecule has 18 heavy (non-hydrogen) atoms. The molecule has 98 valence electrons. The van der Waals surface area contributed by atoms with Crippen molar-refractivity contribution in [3.8, 4) is 0 Å². The number of anilines is 2. The van der Waals surface area contributed by atoms with Gasteiger partial charge in [0.25, 0.3) is 5.91 Å². The van der Waals surface area contributed by atoms with Crippen molar-refractivity contribution in [1.29, 1.82) is 0 Å². The van der Waals surface area contributed by atoms with Crippen molar-refractivity contribution < 1.29 is 4.79 Å². The minimum atomic E-state index is -0.410. The maximum Gasteiger partial charge on any atom is 0.250 e. The molecule has 1 aromatic rings. The molecule has 0 saturated heterocycles. The van der Waals surface area contributed by atoms with Crippen molar-refractivity contribution in [1.82, 2.24) is 0 Å². The SMILES string of the molecule is CC(C)CN(c1c(N)cccc1C(N)=O)C1CC1. The van der Waals surface area contributed by atoms with Crippen LogP contribution in [0.2, 0.25) is 0 Å². The van der Waals surface area contributed by atoms with Crippen LogP contribution in [-0.4, -0.2) is 18.5 Å². The first-order chi connectivity index (χ1) is 8.50. The molecular formula is C14H21N3O. The third-order valence-electron chi connectivity index (χ3n) is 3.17. The van der Waals surface area contributed by atoms with Gasteiger partial charge in [0.15, 0.2) is 0 Å². The summed E-state index contributed by atoms with van der Waals surface area (Å²) < 4.78 is 0. The predicted molar refractivity (Wildman–Crippen MR) is 74.6 cm³/mol. The number of hydrogen-bond acceptors (Lipinski definition) is 3. The van der Waals surface area contributed by atoms with E-state index < -0.39 is 5.91 Å². The number of carbonyl (C=O) groups is 1. The van der Waals surface area contributed by atoms with E-state index in [0.29, 0.717) is 23.2 Å². The number of carbonyl (C=O) groups excluding carboxylic acids is 1. The van der Waals surface area contributed by atoms with E-state index in [1.807, 2.05) is 6.07 Å². The minimum absolute atomic E-state index is 0.410. The van der Waals surface area contributed by atoms with Crippen LogP contribution in [0, 0.1) is 5.92 Å². The average molecular weight is 247 g/mol. The van der Waals surface area contributed by atoms with Gasteiger partial charge in [0, 0.05) is 12.6 Å². The van der Waals surface area contributed by atoms with Crippen LogP contribution in [0.25, 0.3) is 0 Å². The molecule has 1 aliphatic carbocycles. The summed E-state index contributed by atoms with van der Waals surface area (Å²) in [6.07, 6.45) is 2.33. The third kappa shape index (κ3) is 2.58. The summed E-state index contributed by atoms with van der Waals surface area (Å²) in [5.41, 5.74) is 13.5. The molecule has 2 rings (SSSR count). The average Bonchev–Trinajstić information content (AvgIpc) is 3.09. The number of nitrogens with zero attached hydrogens (tertiary/aromatic N) is 1. The highest BCUT2D eigenvalue weighted by atomic mass is 16.1. The molecule has 1 aromatic carbocycles. The quantitative estimate of drug-likeness (QED) is 0.782. The molecular weight excluding hydrogens is 226 g/mol. The van der Waals surface area contributed by atoms with E-state index in [2.05, 4.69) is 18.7 Å². The predicted octanol–water partition coefficient (Wildman–Crippen LogP) is 1.99. The van der Waals surface area contributed by atoms with Gasteiger partial charge in [0.1, 0.15) is 0 Å². The zero-order chi connectivity index (χ0) is 13.3. The maximum absolute atomic E-state index is 11.5. The Morgan fingerprint density at radius 2 is 2.11 bits per heavy atom. The highest BCUT2D eigenvalue weighted by molar-refractivity contribution is 6.01. The molecule has 0 aliphatic heterocycles. The Bertz CT molecular complexity index is 452. The van der Waals surface area contributed by atoms with Gasteiger partial charge in [-0.1, -0.05) is 19.9 Å². The molecule has 1 amide bonds. The number of para-hydroxylation sites is 1. The summed E-state index contributed by atoms with van der Waals surface area (Å²) in [7, 11) is 0. The molecule has 0 spiro atoms. The van der Waals surface area contributed by atoms with Crippen LogP contribution in [0.5, 0.6) is 0 Å². The highest BCUT2D eigenvalue weighted by Crippen LogP contribution is 2.37. The van der Waals surface area contributed by atoms with E-state index in [-0.39, 0.29) is 0 Å². The van der Waals surface area contributed by atoms with Gasteiger partial charge in [-0.15, -0.1) is 0 Å². The third-order valence-corrected chi connectivity index (χ3v) is 3.17. The number of primary amides is 1. The molecule has 1 fully saturated rings. The number of nitrogen functional groups attached to an aromatic ring is 1. The van der Waals surface area contributed by atoms with Gasteiger partial charge in [-0.05, 0) is 30.9 Å². The van der Waals surface area contributed by atoms with Crippen molar-refractivity contribution in [3.63, 3.8) is 0 Å². The molecule has 1 saturated carbocycles. The Balaban J connectivity index is 2.42. The zero-order valence-electron chi connectivity index (χ0n) is 11.0. The second kappa shape index (κ2) is 4.88. The summed E-state index contributed by atoms with van der Waals surface area (Å²) in [5.74, 6) is 0.109. The van der Waals surface area contributed by atoms with Crippen molar-refractivity contribution in [2.75, 3.05) is 17.2 Å². The number of nitrogens with two attached hydrogens (primary N) is 2. The van der Waals surface area contributed by atoms with Gasteiger partial charge in [-0.2, -0.15) is 0 Å². The first kappa shape index (κ1) is 12.7. The van der Waals surface area contributed by atoms with E-state index in [1.165, 1.54) is 12.8 Å². The first-order valence-corrected chi connectivity index (χ1v) is 6.45. The van der Waals surface area contributed by atoms with Gasteiger partial charge in [-0.3, -0.25) is 4.79 Å². The summed E-state index contributed by atoms with van der Waals surface area (Å²) in [6, 6.07) is 5.87. The largest absolute Gasteiger partial charge is 0.397 e. The molecule has 4 heteroatoms. The molecule has 0 radical (unpaired) electrons. The second-order valence-electron chi connectivity index (χ2n) is 5.39. The van der Waals surface area contributed by atoms with Crippen molar-refractivity contribution in [2.45, 2.75) is 32.7 Å². The number of hydrogen-bond donors (Lipinski definition) is 2. The smallest absolute Gasteiger partial charge is 0.250 e. The molecule has 0 bridgehead atoms. The highest BCUT2D eigenvalue weighted by Gasteiger charge is 2.32. The molecule has 0 atom stereocenters.